The van der Waals surface area contributed by atoms with Crippen LogP contribution in [0.4, 0.5) is 0 Å². The summed E-state index contributed by atoms with van der Waals surface area (Å²) in [6.07, 6.45) is 0.215. The molecule has 0 spiro atoms. The zero-order chi connectivity index (χ0) is 22.4. The fourth-order valence-electron chi connectivity index (χ4n) is 3.06. The first-order valence-corrected chi connectivity index (χ1v) is 12.3. The second kappa shape index (κ2) is 10.4. The maximum atomic E-state index is 13.1. The minimum Gasteiger partial charge on any atom is -0.348 e. The Labute approximate surface area is 196 Å². The van der Waals surface area contributed by atoms with Crippen LogP contribution in [0.1, 0.15) is 24.1 Å². The third-order valence-electron chi connectivity index (χ3n) is 4.75. The van der Waals surface area contributed by atoms with Gasteiger partial charge >= 0.3 is 0 Å². The van der Waals surface area contributed by atoms with Crippen molar-refractivity contribution in [3.05, 3.63) is 99.5 Å². The van der Waals surface area contributed by atoms with Crippen molar-refractivity contribution in [3.63, 3.8) is 0 Å². The molecule has 8 heteroatoms. The van der Waals surface area contributed by atoms with E-state index in [0.29, 0.717) is 5.02 Å². The minimum atomic E-state index is -3.92. The Hall–Kier alpha value is -2.19. The molecule has 0 saturated heterocycles. The van der Waals surface area contributed by atoms with Crippen molar-refractivity contribution in [2.24, 2.45) is 0 Å². The molecule has 0 aliphatic heterocycles. The maximum Gasteiger partial charge on any atom is 0.241 e. The molecule has 0 unspecified atom stereocenters. The summed E-state index contributed by atoms with van der Waals surface area (Å²) in [6.45, 7) is 1.86. The Kier molecular flexibility index (Phi) is 7.89. The van der Waals surface area contributed by atoms with Gasteiger partial charge in [-0.1, -0.05) is 70.0 Å². The van der Waals surface area contributed by atoms with Crippen molar-refractivity contribution in [2.45, 2.75) is 30.3 Å². The smallest absolute Gasteiger partial charge is 0.241 e. The van der Waals surface area contributed by atoms with Gasteiger partial charge in [-0.15, -0.1) is 0 Å². The molecule has 0 fully saturated rings. The Balaban J connectivity index is 1.82. The Morgan fingerprint density at radius 2 is 1.58 bits per heavy atom. The number of carbonyl (C=O) groups excluding carboxylic acids is 1. The number of nitrogens with one attached hydrogen (secondary N) is 2. The van der Waals surface area contributed by atoms with Crippen molar-refractivity contribution in [1.29, 1.82) is 0 Å². The van der Waals surface area contributed by atoms with E-state index < -0.39 is 22.0 Å². The molecule has 3 aromatic carbocycles. The molecule has 2 N–H and O–H groups in total. The van der Waals surface area contributed by atoms with Crippen LogP contribution in [0.5, 0.6) is 0 Å². The summed E-state index contributed by atoms with van der Waals surface area (Å²) in [6, 6.07) is 21.4. The first kappa shape index (κ1) is 23.5. The van der Waals surface area contributed by atoms with Gasteiger partial charge in [-0.25, -0.2) is 8.42 Å². The van der Waals surface area contributed by atoms with Gasteiger partial charge in [0.15, 0.2) is 0 Å². The fourth-order valence-corrected chi connectivity index (χ4v) is 4.64. The number of rotatable bonds is 8. The summed E-state index contributed by atoms with van der Waals surface area (Å²) >= 11 is 9.26. The van der Waals surface area contributed by atoms with E-state index in [1.54, 1.807) is 0 Å². The molecule has 0 heterocycles. The lowest BCUT2D eigenvalue weighted by molar-refractivity contribution is -0.123. The summed E-state index contributed by atoms with van der Waals surface area (Å²) in [4.78, 5) is 13.1. The highest BCUT2D eigenvalue weighted by molar-refractivity contribution is 9.10. The highest BCUT2D eigenvalue weighted by Gasteiger charge is 2.27. The Morgan fingerprint density at radius 3 is 2.19 bits per heavy atom. The van der Waals surface area contributed by atoms with Crippen LogP contribution < -0.4 is 10.0 Å². The molecule has 3 rings (SSSR count). The van der Waals surface area contributed by atoms with Gasteiger partial charge in [0.1, 0.15) is 6.04 Å². The minimum absolute atomic E-state index is 0.0451. The summed E-state index contributed by atoms with van der Waals surface area (Å²) in [5.74, 6) is -0.406. The quantitative estimate of drug-likeness (QED) is 0.444. The maximum absolute atomic E-state index is 13.1. The highest BCUT2D eigenvalue weighted by Crippen LogP contribution is 2.18. The molecule has 5 nitrogen and oxygen atoms in total. The Morgan fingerprint density at radius 1 is 0.968 bits per heavy atom. The van der Waals surface area contributed by atoms with Crippen LogP contribution in [-0.4, -0.2) is 20.4 Å². The molecule has 0 aliphatic rings. The molecular formula is C23H22BrClN2O3S. The molecule has 31 heavy (non-hydrogen) atoms. The van der Waals surface area contributed by atoms with Gasteiger partial charge in [-0.3, -0.25) is 4.79 Å². The van der Waals surface area contributed by atoms with Crippen LogP contribution in [0.2, 0.25) is 5.02 Å². The van der Waals surface area contributed by atoms with Gasteiger partial charge in [-0.05, 0) is 60.9 Å². The van der Waals surface area contributed by atoms with Crippen molar-refractivity contribution in [2.75, 3.05) is 0 Å². The van der Waals surface area contributed by atoms with E-state index in [-0.39, 0.29) is 17.4 Å². The fraction of sp³-hybridized carbons (Fsp3) is 0.174. The topological polar surface area (TPSA) is 75.3 Å². The van der Waals surface area contributed by atoms with Gasteiger partial charge in [0, 0.05) is 9.50 Å². The number of sulfonamides is 1. The normalized spacial score (nSPS) is 13.4. The first-order valence-electron chi connectivity index (χ1n) is 9.62. The molecule has 0 aliphatic carbocycles. The van der Waals surface area contributed by atoms with Gasteiger partial charge < -0.3 is 5.32 Å². The van der Waals surface area contributed by atoms with Crippen molar-refractivity contribution < 1.29 is 13.2 Å². The third-order valence-corrected chi connectivity index (χ3v) is 7.02. The zero-order valence-corrected chi connectivity index (χ0v) is 19.9. The molecule has 0 bridgehead atoms. The van der Waals surface area contributed by atoms with E-state index in [9.17, 15) is 13.2 Å². The van der Waals surface area contributed by atoms with E-state index in [0.717, 1.165) is 15.6 Å². The third kappa shape index (κ3) is 6.64. The Bertz CT molecular complexity index is 1120. The summed E-state index contributed by atoms with van der Waals surface area (Å²) in [5, 5.41) is 3.35. The largest absolute Gasteiger partial charge is 0.348 e. The summed E-state index contributed by atoms with van der Waals surface area (Å²) in [7, 11) is -3.92. The average Bonchev–Trinajstić information content (AvgIpc) is 2.74. The van der Waals surface area contributed by atoms with Crippen molar-refractivity contribution in [3.8, 4) is 0 Å². The molecule has 162 valence electrons. The summed E-state index contributed by atoms with van der Waals surface area (Å²) in [5.41, 5.74) is 1.76. The van der Waals surface area contributed by atoms with Crippen LogP contribution in [0.25, 0.3) is 0 Å². The second-order valence-electron chi connectivity index (χ2n) is 7.10. The first-order chi connectivity index (χ1) is 14.7. The molecule has 3 aromatic rings. The van der Waals surface area contributed by atoms with Gasteiger partial charge in [0.05, 0.1) is 10.9 Å². The SMILES string of the molecule is C[C@@H](NC(=O)[C@@H](Cc1ccccc1)NS(=O)(=O)c1ccc(Cl)cc1)c1ccc(Br)cc1. The van der Waals surface area contributed by atoms with E-state index in [4.69, 9.17) is 11.6 Å². The lowest BCUT2D eigenvalue weighted by atomic mass is 10.0. The monoisotopic (exact) mass is 520 g/mol. The van der Waals surface area contributed by atoms with Crippen molar-refractivity contribution in [1.82, 2.24) is 10.0 Å². The molecular weight excluding hydrogens is 500 g/mol. The van der Waals surface area contributed by atoms with Crippen LogP contribution in [0, 0.1) is 0 Å². The van der Waals surface area contributed by atoms with E-state index >= 15 is 0 Å². The van der Waals surface area contributed by atoms with E-state index in [1.165, 1.54) is 24.3 Å². The van der Waals surface area contributed by atoms with Crippen LogP contribution in [0.3, 0.4) is 0 Å². The number of benzene rings is 3. The predicted molar refractivity (Wildman–Crippen MR) is 126 cm³/mol. The van der Waals surface area contributed by atoms with Gasteiger partial charge in [-0.2, -0.15) is 4.72 Å². The highest BCUT2D eigenvalue weighted by atomic mass is 79.9. The number of hydrogen-bond donors (Lipinski definition) is 2. The van der Waals surface area contributed by atoms with Gasteiger partial charge in [0.25, 0.3) is 0 Å². The molecule has 0 saturated carbocycles. The molecule has 1 amide bonds. The predicted octanol–water partition coefficient (Wildman–Crippen LogP) is 4.87. The number of carbonyl (C=O) groups is 1. The lowest BCUT2D eigenvalue weighted by Crippen LogP contribution is -2.48. The number of amides is 1. The second-order valence-corrected chi connectivity index (χ2v) is 10.2. The molecule has 0 aromatic heterocycles. The molecule has 0 radical (unpaired) electrons. The standard InChI is InChI=1S/C23H22BrClN2O3S/c1-16(18-7-9-19(24)10-8-18)26-23(28)22(15-17-5-3-2-4-6-17)27-31(29,30)21-13-11-20(25)12-14-21/h2-14,16,22,27H,15H2,1H3,(H,26,28)/t16-,22-/m1/s1. The summed E-state index contributed by atoms with van der Waals surface area (Å²) < 4.78 is 29.3. The zero-order valence-electron chi connectivity index (χ0n) is 16.8. The average molecular weight is 522 g/mol. The number of halogens is 2. The van der Waals surface area contributed by atoms with E-state index in [1.807, 2.05) is 61.5 Å². The number of hydrogen-bond acceptors (Lipinski definition) is 3. The van der Waals surface area contributed by atoms with Crippen molar-refractivity contribution >= 4 is 43.5 Å². The van der Waals surface area contributed by atoms with E-state index in [2.05, 4.69) is 26.0 Å². The van der Waals surface area contributed by atoms with Gasteiger partial charge in [0.2, 0.25) is 15.9 Å². The van der Waals surface area contributed by atoms with Crippen LogP contribution >= 0.6 is 27.5 Å². The molecule has 2 atom stereocenters. The van der Waals surface area contributed by atoms with Crippen LogP contribution in [0.15, 0.2) is 88.2 Å². The lowest BCUT2D eigenvalue weighted by Gasteiger charge is -2.22. The van der Waals surface area contributed by atoms with Crippen LogP contribution in [-0.2, 0) is 21.2 Å².